The Morgan fingerprint density at radius 3 is 2.85 bits per heavy atom. The molecule has 1 aromatic heterocycles. The summed E-state index contributed by atoms with van der Waals surface area (Å²) >= 11 is 0. The van der Waals surface area contributed by atoms with Crippen LogP contribution in [0.5, 0.6) is 0 Å². The van der Waals surface area contributed by atoms with Gasteiger partial charge in [0.1, 0.15) is 11.5 Å². The quantitative estimate of drug-likeness (QED) is 0.900. The number of aryl methyl sites for hydroxylation is 1. The minimum absolute atomic E-state index is 0.199. The first-order valence-corrected chi connectivity index (χ1v) is 7.61. The number of nitrogens with one attached hydrogen (secondary N) is 1. The van der Waals surface area contributed by atoms with E-state index in [-0.39, 0.29) is 11.9 Å². The number of furan rings is 1. The van der Waals surface area contributed by atoms with E-state index in [0.717, 1.165) is 31.0 Å². The Balaban J connectivity index is 1.94. The predicted molar refractivity (Wildman–Crippen MR) is 79.3 cm³/mol. The van der Waals surface area contributed by atoms with Crippen molar-refractivity contribution >= 4 is 5.91 Å². The number of hydrogen-bond donors (Lipinski definition) is 1. The van der Waals surface area contributed by atoms with E-state index in [4.69, 9.17) is 4.42 Å². The molecule has 0 aliphatic carbocycles. The lowest BCUT2D eigenvalue weighted by atomic mass is 9.95. The third-order valence-electron chi connectivity index (χ3n) is 3.93. The summed E-state index contributed by atoms with van der Waals surface area (Å²) in [5.74, 6) is 2.48. The van der Waals surface area contributed by atoms with Gasteiger partial charge in [-0.25, -0.2) is 0 Å². The normalized spacial score (nSPS) is 19.3. The van der Waals surface area contributed by atoms with Gasteiger partial charge >= 0.3 is 0 Å². The summed E-state index contributed by atoms with van der Waals surface area (Å²) in [7, 11) is 0. The van der Waals surface area contributed by atoms with Crippen molar-refractivity contribution in [3.05, 3.63) is 23.7 Å². The van der Waals surface area contributed by atoms with Gasteiger partial charge in [-0.05, 0) is 64.8 Å². The van der Waals surface area contributed by atoms with Crippen LogP contribution in [0.2, 0.25) is 0 Å². The van der Waals surface area contributed by atoms with Crippen molar-refractivity contribution in [1.82, 2.24) is 10.2 Å². The maximum Gasteiger partial charge on any atom is 0.223 e. The van der Waals surface area contributed by atoms with Crippen LogP contribution in [0.1, 0.15) is 44.6 Å². The van der Waals surface area contributed by atoms with Crippen molar-refractivity contribution in [1.29, 1.82) is 0 Å². The Labute approximate surface area is 121 Å². The number of hydrogen-bond acceptors (Lipinski definition) is 3. The largest absolute Gasteiger partial charge is 0.464 e. The van der Waals surface area contributed by atoms with Crippen molar-refractivity contribution in [2.24, 2.45) is 5.92 Å². The molecular formula is C16H26N2O2. The van der Waals surface area contributed by atoms with Crippen LogP contribution in [-0.4, -0.2) is 29.9 Å². The third-order valence-corrected chi connectivity index (χ3v) is 3.93. The number of carbonyl (C=O) groups is 1. The Kier molecular flexibility index (Phi) is 5.24. The number of amides is 1. The molecule has 1 fully saturated rings. The van der Waals surface area contributed by atoms with Crippen molar-refractivity contribution in [3.8, 4) is 0 Å². The summed E-state index contributed by atoms with van der Waals surface area (Å²) in [4.78, 5) is 14.4. The molecule has 4 heteroatoms. The maximum absolute atomic E-state index is 12.5. The smallest absolute Gasteiger partial charge is 0.223 e. The van der Waals surface area contributed by atoms with Crippen molar-refractivity contribution < 1.29 is 9.21 Å². The fraction of sp³-hybridized carbons (Fsp3) is 0.688. The molecule has 112 valence electrons. The van der Waals surface area contributed by atoms with Crippen LogP contribution < -0.4 is 5.32 Å². The van der Waals surface area contributed by atoms with E-state index in [0.29, 0.717) is 18.9 Å². The average molecular weight is 278 g/mol. The molecule has 0 spiro atoms. The van der Waals surface area contributed by atoms with E-state index in [9.17, 15) is 4.79 Å². The first-order valence-electron chi connectivity index (χ1n) is 7.61. The zero-order chi connectivity index (χ0) is 14.5. The van der Waals surface area contributed by atoms with Gasteiger partial charge in [0.15, 0.2) is 0 Å². The molecule has 20 heavy (non-hydrogen) atoms. The summed E-state index contributed by atoms with van der Waals surface area (Å²) in [5, 5.41) is 3.37. The Hall–Kier alpha value is -1.29. The second-order valence-corrected chi connectivity index (χ2v) is 6.04. The molecule has 1 amide bonds. The maximum atomic E-state index is 12.5. The fourth-order valence-electron chi connectivity index (χ4n) is 2.76. The number of piperidine rings is 1. The summed E-state index contributed by atoms with van der Waals surface area (Å²) in [6.45, 7) is 8.69. The van der Waals surface area contributed by atoms with Crippen molar-refractivity contribution in [3.63, 3.8) is 0 Å². The lowest BCUT2D eigenvalue weighted by Gasteiger charge is -2.29. The van der Waals surface area contributed by atoms with Crippen LogP contribution in [0.15, 0.2) is 16.5 Å². The highest BCUT2D eigenvalue weighted by Crippen LogP contribution is 2.18. The van der Waals surface area contributed by atoms with Gasteiger partial charge in [-0.3, -0.25) is 4.79 Å². The monoisotopic (exact) mass is 278 g/mol. The van der Waals surface area contributed by atoms with Gasteiger partial charge in [0.2, 0.25) is 5.91 Å². The van der Waals surface area contributed by atoms with Gasteiger partial charge in [0.25, 0.3) is 0 Å². The molecule has 1 unspecified atom stereocenters. The van der Waals surface area contributed by atoms with Gasteiger partial charge in [0, 0.05) is 12.5 Å². The number of nitrogens with zero attached hydrogens (tertiary/aromatic N) is 1. The molecule has 0 bridgehead atoms. The molecule has 1 aliphatic heterocycles. The van der Waals surface area contributed by atoms with Gasteiger partial charge in [-0.15, -0.1) is 0 Å². The van der Waals surface area contributed by atoms with Crippen molar-refractivity contribution in [2.45, 2.75) is 52.6 Å². The minimum Gasteiger partial charge on any atom is -0.464 e. The summed E-state index contributed by atoms with van der Waals surface area (Å²) in [6.07, 6.45) is 2.98. The van der Waals surface area contributed by atoms with Crippen LogP contribution in [0.25, 0.3) is 0 Å². The van der Waals surface area contributed by atoms with Crippen LogP contribution in [0.4, 0.5) is 0 Å². The summed E-state index contributed by atoms with van der Waals surface area (Å²) in [5.41, 5.74) is 0. The van der Waals surface area contributed by atoms with Crippen LogP contribution >= 0.6 is 0 Å². The lowest BCUT2D eigenvalue weighted by Crippen LogP contribution is -2.39. The van der Waals surface area contributed by atoms with E-state index in [1.807, 2.05) is 24.0 Å². The van der Waals surface area contributed by atoms with Gasteiger partial charge in [0.05, 0.1) is 6.54 Å². The standard InChI is InChI=1S/C16H26N2O2/c1-12(2)18(11-15-7-6-13(3)20-15)16(19)9-14-5-4-8-17-10-14/h6-7,12,14,17H,4-5,8-11H2,1-3H3. The third kappa shape index (κ3) is 4.10. The van der Waals surface area contributed by atoms with E-state index >= 15 is 0 Å². The molecule has 1 aliphatic rings. The zero-order valence-electron chi connectivity index (χ0n) is 12.8. The van der Waals surface area contributed by atoms with E-state index in [1.54, 1.807) is 0 Å². The fourth-order valence-corrected chi connectivity index (χ4v) is 2.76. The Morgan fingerprint density at radius 2 is 2.30 bits per heavy atom. The van der Waals surface area contributed by atoms with E-state index in [2.05, 4.69) is 19.2 Å². The molecule has 1 saturated heterocycles. The van der Waals surface area contributed by atoms with Crippen molar-refractivity contribution in [2.75, 3.05) is 13.1 Å². The van der Waals surface area contributed by atoms with E-state index < -0.39 is 0 Å². The molecule has 1 atom stereocenters. The molecule has 0 aromatic carbocycles. The zero-order valence-corrected chi connectivity index (χ0v) is 12.8. The molecule has 1 aromatic rings. The van der Waals surface area contributed by atoms with Crippen LogP contribution in [0.3, 0.4) is 0 Å². The first kappa shape index (κ1) is 15.1. The molecule has 2 heterocycles. The molecule has 0 radical (unpaired) electrons. The van der Waals surface area contributed by atoms with Crippen LogP contribution in [0, 0.1) is 12.8 Å². The number of rotatable bonds is 5. The second kappa shape index (κ2) is 6.93. The highest BCUT2D eigenvalue weighted by atomic mass is 16.3. The van der Waals surface area contributed by atoms with Gasteiger partial charge in [-0.2, -0.15) is 0 Å². The SMILES string of the molecule is Cc1ccc(CN(C(=O)CC2CCCNC2)C(C)C)o1. The molecule has 4 nitrogen and oxygen atoms in total. The molecule has 2 rings (SSSR count). The summed E-state index contributed by atoms with van der Waals surface area (Å²) < 4.78 is 5.60. The highest BCUT2D eigenvalue weighted by molar-refractivity contribution is 5.76. The molecule has 1 N–H and O–H groups in total. The minimum atomic E-state index is 0.199. The number of carbonyl (C=O) groups excluding carboxylic acids is 1. The molecular weight excluding hydrogens is 252 g/mol. The second-order valence-electron chi connectivity index (χ2n) is 6.04. The Bertz CT molecular complexity index is 433. The lowest BCUT2D eigenvalue weighted by molar-refractivity contribution is -0.135. The topological polar surface area (TPSA) is 45.5 Å². The molecule has 0 saturated carbocycles. The van der Waals surface area contributed by atoms with Crippen LogP contribution in [-0.2, 0) is 11.3 Å². The average Bonchev–Trinajstić information content (AvgIpc) is 2.82. The highest BCUT2D eigenvalue weighted by Gasteiger charge is 2.23. The van der Waals surface area contributed by atoms with E-state index in [1.165, 1.54) is 6.42 Å². The summed E-state index contributed by atoms with van der Waals surface area (Å²) in [6, 6.07) is 4.10. The van der Waals surface area contributed by atoms with Gasteiger partial charge < -0.3 is 14.6 Å². The predicted octanol–water partition coefficient (Wildman–Crippen LogP) is 2.71. The Morgan fingerprint density at radius 1 is 1.50 bits per heavy atom. The van der Waals surface area contributed by atoms with Gasteiger partial charge in [-0.1, -0.05) is 0 Å². The first-order chi connectivity index (χ1) is 9.56.